The molecule has 0 aromatic rings. The van der Waals surface area contributed by atoms with Gasteiger partial charge in [-0.2, -0.15) is 34.8 Å². The van der Waals surface area contributed by atoms with Gasteiger partial charge >= 0.3 is 28.2 Å². The van der Waals surface area contributed by atoms with Gasteiger partial charge in [-0.15, -0.1) is 0 Å². The summed E-state index contributed by atoms with van der Waals surface area (Å²) in [6, 6.07) is 0. The first-order valence-corrected chi connectivity index (χ1v) is 3.96. The molecule has 3 nitrogen and oxygen atoms in total. The van der Waals surface area contributed by atoms with Crippen LogP contribution >= 0.6 is 0 Å². The summed E-state index contributed by atoms with van der Waals surface area (Å²) in [6.07, 6.45) is -6.14. The summed E-state index contributed by atoms with van der Waals surface area (Å²) in [5, 5.41) is -6.36. The second kappa shape index (κ2) is 3.53. The molecule has 0 unspecified atom stereocenters. The molecule has 0 amide bonds. The maximum atomic E-state index is 11.9. The summed E-state index contributed by atoms with van der Waals surface area (Å²) in [5.41, 5.74) is 0. The lowest BCUT2D eigenvalue weighted by Crippen LogP contribution is -2.48. The zero-order valence-electron chi connectivity index (χ0n) is 5.86. The van der Waals surface area contributed by atoms with E-state index in [-0.39, 0.29) is 0 Å². The molecule has 0 heterocycles. The first-order chi connectivity index (χ1) is 5.92. The molecular weight excluding hydrogens is 249 g/mol. The Morgan fingerprint density at radius 3 is 1.64 bits per heavy atom. The van der Waals surface area contributed by atoms with E-state index in [1.807, 2.05) is 4.74 Å². The molecule has 0 atom stereocenters. The van der Waals surface area contributed by atoms with Crippen LogP contribution in [0.5, 0.6) is 0 Å². The Bertz CT molecular complexity index is 295. The Morgan fingerprint density at radius 1 is 1.07 bits per heavy atom. The van der Waals surface area contributed by atoms with Crippen LogP contribution in [-0.2, 0) is 15.0 Å². The predicted molar refractivity (Wildman–Crippen MR) is 27.0 cm³/mol. The highest BCUT2D eigenvalue weighted by molar-refractivity contribution is 7.87. The zero-order chi connectivity index (χ0) is 11.8. The molecule has 0 bridgehead atoms. The van der Waals surface area contributed by atoms with E-state index in [2.05, 4.69) is 0 Å². The molecule has 0 fully saturated rings. The molecule has 0 radical (unpaired) electrons. The minimum absolute atomic E-state index is 1.99. The van der Waals surface area contributed by atoms with E-state index >= 15 is 0 Å². The fourth-order valence-corrected chi connectivity index (χ4v) is 0.654. The maximum Gasteiger partial charge on any atom is 0.464 e. The van der Waals surface area contributed by atoms with E-state index in [1.54, 1.807) is 0 Å². The van der Waals surface area contributed by atoms with Crippen molar-refractivity contribution in [2.24, 2.45) is 0 Å². The highest BCUT2D eigenvalue weighted by Gasteiger charge is 2.69. The van der Waals surface area contributed by atoms with Crippen molar-refractivity contribution in [2.75, 3.05) is 0 Å². The molecule has 0 aliphatic heterocycles. The largest absolute Gasteiger partial charge is 0.464 e. The van der Waals surface area contributed by atoms with Gasteiger partial charge in [0, 0.05) is 0 Å². The van der Waals surface area contributed by atoms with Gasteiger partial charge in [-0.1, -0.05) is 3.89 Å². The Morgan fingerprint density at radius 2 is 1.43 bits per heavy atom. The number of rotatable bonds is 4. The van der Waals surface area contributed by atoms with E-state index in [4.69, 9.17) is 0 Å². The third-order valence-electron chi connectivity index (χ3n) is 0.882. The average molecular weight is 250 g/mol. The maximum absolute atomic E-state index is 11.9. The zero-order valence-corrected chi connectivity index (χ0v) is 6.67. The number of ether oxygens (including phenoxy) is 1. The minimum atomic E-state index is -7.05. The second-order valence-electron chi connectivity index (χ2n) is 1.85. The molecule has 0 aromatic carbocycles. The first kappa shape index (κ1) is 13.4. The predicted octanol–water partition coefficient (Wildman–Crippen LogP) is 1.71. The topological polar surface area (TPSA) is 43.4 Å². The summed E-state index contributed by atoms with van der Waals surface area (Å²) in [7, 11) is -7.05. The van der Waals surface area contributed by atoms with Crippen LogP contribution in [0.1, 0.15) is 0 Å². The van der Waals surface area contributed by atoms with Gasteiger partial charge in [0.15, 0.2) is 0 Å². The van der Waals surface area contributed by atoms with Gasteiger partial charge in [0.2, 0.25) is 0 Å². The molecular formula is C3HF7O3S. The number of alkyl halides is 6. The van der Waals surface area contributed by atoms with E-state index in [9.17, 15) is 38.6 Å². The van der Waals surface area contributed by atoms with Crippen LogP contribution in [0.3, 0.4) is 0 Å². The third kappa shape index (κ3) is 2.47. The standard InChI is InChI=1S/C3HF7O3S/c4-1(5)13-2(6,7)3(8,9)14(10,11)12/h1H. The second-order valence-corrected chi connectivity index (χ2v) is 3.24. The van der Waals surface area contributed by atoms with Gasteiger partial charge < -0.3 is 0 Å². The Hall–Kier alpha value is -0.580. The summed E-state index contributed by atoms with van der Waals surface area (Å²) in [6.45, 7) is -4.38. The van der Waals surface area contributed by atoms with Crippen LogP contribution < -0.4 is 0 Å². The molecule has 0 aliphatic carbocycles. The lowest BCUT2D eigenvalue weighted by Gasteiger charge is -2.21. The lowest BCUT2D eigenvalue weighted by molar-refractivity contribution is -0.372. The number of halogens is 7. The van der Waals surface area contributed by atoms with Gasteiger partial charge in [0.1, 0.15) is 0 Å². The molecule has 14 heavy (non-hydrogen) atoms. The smallest absolute Gasteiger partial charge is 0.252 e. The fourth-order valence-electron chi connectivity index (χ4n) is 0.322. The van der Waals surface area contributed by atoms with Crippen LogP contribution in [0.15, 0.2) is 0 Å². The molecule has 0 spiro atoms. The number of hydrogen-bond acceptors (Lipinski definition) is 3. The van der Waals surface area contributed by atoms with Gasteiger partial charge in [-0.05, 0) is 0 Å². The average Bonchev–Trinajstić information content (AvgIpc) is 1.80. The Balaban J connectivity index is 5.08. The summed E-state index contributed by atoms with van der Waals surface area (Å²) in [5.74, 6) is 0. The van der Waals surface area contributed by atoms with Gasteiger partial charge in [0.05, 0.1) is 0 Å². The first-order valence-electron chi connectivity index (χ1n) is 2.57. The fraction of sp³-hybridized carbons (Fsp3) is 1.00. The Labute approximate surface area is 72.7 Å². The van der Waals surface area contributed by atoms with E-state index in [0.29, 0.717) is 0 Å². The van der Waals surface area contributed by atoms with Crippen molar-refractivity contribution >= 4 is 10.2 Å². The van der Waals surface area contributed by atoms with Crippen LogP contribution in [0.2, 0.25) is 0 Å². The molecule has 0 N–H and O–H groups in total. The molecule has 0 aliphatic rings. The SMILES string of the molecule is O=S(=O)(F)C(F)(F)C(F)(F)OC(F)F. The third-order valence-corrected chi connectivity index (χ3v) is 1.73. The number of hydrogen-bond donors (Lipinski definition) is 0. The van der Waals surface area contributed by atoms with E-state index < -0.39 is 28.2 Å². The normalized spacial score (nSPS) is 14.9. The lowest BCUT2D eigenvalue weighted by atomic mass is 10.6. The highest BCUT2D eigenvalue weighted by Crippen LogP contribution is 2.41. The monoisotopic (exact) mass is 250 g/mol. The summed E-state index contributed by atoms with van der Waals surface area (Å²) >= 11 is 0. The van der Waals surface area contributed by atoms with Gasteiger partial charge in [-0.25, -0.2) is 0 Å². The molecule has 86 valence electrons. The van der Waals surface area contributed by atoms with Crippen molar-refractivity contribution in [3.05, 3.63) is 0 Å². The van der Waals surface area contributed by atoms with Gasteiger partial charge in [-0.3, -0.25) is 4.74 Å². The van der Waals surface area contributed by atoms with E-state index in [0.717, 1.165) is 0 Å². The molecule has 0 aromatic heterocycles. The van der Waals surface area contributed by atoms with Crippen molar-refractivity contribution in [1.29, 1.82) is 0 Å². The van der Waals surface area contributed by atoms with E-state index in [1.165, 1.54) is 0 Å². The molecule has 0 rings (SSSR count). The Kier molecular flexibility index (Phi) is 3.38. The highest BCUT2D eigenvalue weighted by atomic mass is 32.3. The van der Waals surface area contributed by atoms with Crippen LogP contribution in [0.4, 0.5) is 30.2 Å². The quantitative estimate of drug-likeness (QED) is 0.563. The van der Waals surface area contributed by atoms with Crippen molar-refractivity contribution in [3.63, 3.8) is 0 Å². The van der Waals surface area contributed by atoms with Crippen LogP contribution in [0, 0.1) is 0 Å². The summed E-state index contributed by atoms with van der Waals surface area (Å²) < 4.78 is 102. The van der Waals surface area contributed by atoms with Crippen molar-refractivity contribution in [1.82, 2.24) is 0 Å². The van der Waals surface area contributed by atoms with Crippen molar-refractivity contribution in [3.8, 4) is 0 Å². The summed E-state index contributed by atoms with van der Waals surface area (Å²) in [4.78, 5) is 0. The molecule has 11 heteroatoms. The van der Waals surface area contributed by atoms with Crippen molar-refractivity contribution < 1.29 is 43.4 Å². The van der Waals surface area contributed by atoms with Crippen molar-refractivity contribution in [2.45, 2.75) is 18.0 Å². The van der Waals surface area contributed by atoms with Crippen LogP contribution in [0.25, 0.3) is 0 Å². The van der Waals surface area contributed by atoms with Crippen LogP contribution in [-0.4, -0.2) is 26.4 Å². The molecule has 0 saturated heterocycles. The minimum Gasteiger partial charge on any atom is -0.252 e. The molecule has 0 saturated carbocycles. The van der Waals surface area contributed by atoms with Gasteiger partial charge in [0.25, 0.3) is 0 Å².